The molecule has 0 aromatic rings. The number of carbonyl (C=O) groups excluding carboxylic acids is 1. The van der Waals surface area contributed by atoms with Crippen LogP contribution < -0.4 is 5.32 Å². The van der Waals surface area contributed by atoms with Crippen LogP contribution in [-0.4, -0.2) is 60.5 Å². The van der Waals surface area contributed by atoms with Gasteiger partial charge < -0.3 is 10.2 Å². The van der Waals surface area contributed by atoms with E-state index in [2.05, 4.69) is 15.1 Å². The Morgan fingerprint density at radius 2 is 1.80 bits per heavy atom. The first-order chi connectivity index (χ1) is 9.83. The van der Waals surface area contributed by atoms with Crippen molar-refractivity contribution >= 4 is 5.91 Å². The topological polar surface area (TPSA) is 35.6 Å². The quantitative estimate of drug-likeness (QED) is 0.852. The molecule has 0 radical (unpaired) electrons. The number of rotatable bonds is 3. The van der Waals surface area contributed by atoms with Crippen molar-refractivity contribution in [2.45, 2.75) is 63.5 Å². The molecule has 0 spiro atoms. The van der Waals surface area contributed by atoms with Crippen LogP contribution in [0.4, 0.5) is 0 Å². The Hall–Kier alpha value is -0.610. The summed E-state index contributed by atoms with van der Waals surface area (Å²) in [6.07, 6.45) is 9.82. The van der Waals surface area contributed by atoms with Gasteiger partial charge in [0.1, 0.15) is 0 Å². The summed E-state index contributed by atoms with van der Waals surface area (Å²) < 4.78 is 0. The van der Waals surface area contributed by atoms with E-state index in [-0.39, 0.29) is 0 Å². The SMILES string of the molecule is O=C(CC1CCCN1)N1CCCN(C2CCCC2)CC1. The molecule has 114 valence electrons. The Labute approximate surface area is 122 Å². The van der Waals surface area contributed by atoms with Gasteiger partial charge in [-0.15, -0.1) is 0 Å². The van der Waals surface area contributed by atoms with Crippen LogP contribution in [0.1, 0.15) is 51.4 Å². The van der Waals surface area contributed by atoms with E-state index in [0.29, 0.717) is 18.4 Å². The molecule has 1 N–H and O–H groups in total. The summed E-state index contributed by atoms with van der Waals surface area (Å²) in [5.74, 6) is 0.373. The maximum absolute atomic E-state index is 12.4. The number of amides is 1. The molecule has 4 heteroatoms. The number of carbonyl (C=O) groups is 1. The lowest BCUT2D eigenvalue weighted by Gasteiger charge is -2.27. The minimum Gasteiger partial charge on any atom is -0.341 e. The zero-order chi connectivity index (χ0) is 13.8. The Bertz CT molecular complexity index is 322. The lowest BCUT2D eigenvalue weighted by atomic mass is 10.1. The maximum Gasteiger partial charge on any atom is 0.224 e. The van der Waals surface area contributed by atoms with Gasteiger partial charge >= 0.3 is 0 Å². The van der Waals surface area contributed by atoms with Gasteiger partial charge in [0.2, 0.25) is 5.91 Å². The highest BCUT2D eigenvalue weighted by molar-refractivity contribution is 5.76. The molecule has 1 saturated carbocycles. The second-order valence-corrected chi connectivity index (χ2v) is 6.71. The number of hydrogen-bond donors (Lipinski definition) is 1. The first-order valence-corrected chi connectivity index (χ1v) is 8.58. The third-order valence-electron chi connectivity index (χ3n) is 5.31. The van der Waals surface area contributed by atoms with E-state index in [1.165, 1.54) is 45.1 Å². The molecule has 2 saturated heterocycles. The molecule has 1 aliphatic carbocycles. The Morgan fingerprint density at radius 1 is 0.950 bits per heavy atom. The average Bonchev–Trinajstić information content (AvgIpc) is 3.09. The third kappa shape index (κ3) is 3.53. The van der Waals surface area contributed by atoms with E-state index in [0.717, 1.165) is 38.6 Å². The lowest BCUT2D eigenvalue weighted by Crippen LogP contribution is -2.40. The summed E-state index contributed by atoms with van der Waals surface area (Å²) in [6.45, 7) is 5.29. The third-order valence-corrected chi connectivity index (χ3v) is 5.31. The van der Waals surface area contributed by atoms with Gasteiger partial charge in [0.05, 0.1) is 0 Å². The minimum absolute atomic E-state index is 0.373. The van der Waals surface area contributed by atoms with Crippen molar-refractivity contribution in [3.63, 3.8) is 0 Å². The second kappa shape index (κ2) is 6.90. The summed E-state index contributed by atoms with van der Waals surface area (Å²) in [6, 6.07) is 1.25. The molecular formula is C16H29N3O. The summed E-state index contributed by atoms with van der Waals surface area (Å²) >= 11 is 0. The van der Waals surface area contributed by atoms with Crippen LogP contribution in [0.15, 0.2) is 0 Å². The molecule has 3 fully saturated rings. The Morgan fingerprint density at radius 3 is 2.55 bits per heavy atom. The smallest absolute Gasteiger partial charge is 0.224 e. The van der Waals surface area contributed by atoms with Crippen LogP contribution in [0, 0.1) is 0 Å². The normalized spacial score (nSPS) is 29.8. The zero-order valence-corrected chi connectivity index (χ0v) is 12.6. The zero-order valence-electron chi connectivity index (χ0n) is 12.6. The summed E-state index contributed by atoms with van der Waals surface area (Å²) in [5, 5.41) is 3.44. The Balaban J connectivity index is 1.47. The highest BCUT2D eigenvalue weighted by atomic mass is 16.2. The Kier molecular flexibility index (Phi) is 4.94. The largest absolute Gasteiger partial charge is 0.341 e. The first kappa shape index (κ1) is 14.3. The molecule has 1 amide bonds. The molecule has 0 aromatic heterocycles. The predicted octanol–water partition coefficient (Wildman–Crippen LogP) is 1.61. The van der Waals surface area contributed by atoms with Gasteiger partial charge in [-0.25, -0.2) is 0 Å². The molecule has 3 aliphatic rings. The summed E-state index contributed by atoms with van der Waals surface area (Å²) in [5.41, 5.74) is 0. The monoisotopic (exact) mass is 279 g/mol. The second-order valence-electron chi connectivity index (χ2n) is 6.71. The molecule has 1 unspecified atom stereocenters. The van der Waals surface area contributed by atoms with Crippen LogP contribution in [0.3, 0.4) is 0 Å². The van der Waals surface area contributed by atoms with E-state index in [9.17, 15) is 4.79 Å². The highest BCUT2D eigenvalue weighted by Crippen LogP contribution is 2.24. The number of nitrogens with one attached hydrogen (secondary N) is 1. The van der Waals surface area contributed by atoms with Crippen molar-refractivity contribution in [2.24, 2.45) is 0 Å². The molecule has 4 nitrogen and oxygen atoms in total. The molecular weight excluding hydrogens is 250 g/mol. The van der Waals surface area contributed by atoms with Gasteiger partial charge in [0.15, 0.2) is 0 Å². The molecule has 3 rings (SSSR count). The molecule has 2 heterocycles. The number of hydrogen-bond acceptors (Lipinski definition) is 3. The van der Waals surface area contributed by atoms with E-state index in [4.69, 9.17) is 0 Å². The van der Waals surface area contributed by atoms with Gasteiger partial charge in [-0.2, -0.15) is 0 Å². The van der Waals surface area contributed by atoms with Crippen LogP contribution in [0.5, 0.6) is 0 Å². The van der Waals surface area contributed by atoms with Crippen molar-refractivity contribution in [3.8, 4) is 0 Å². The van der Waals surface area contributed by atoms with Crippen molar-refractivity contribution in [1.82, 2.24) is 15.1 Å². The average molecular weight is 279 g/mol. The van der Waals surface area contributed by atoms with Crippen molar-refractivity contribution < 1.29 is 4.79 Å². The molecule has 2 aliphatic heterocycles. The van der Waals surface area contributed by atoms with Crippen LogP contribution >= 0.6 is 0 Å². The fraction of sp³-hybridized carbons (Fsp3) is 0.938. The van der Waals surface area contributed by atoms with E-state index >= 15 is 0 Å². The van der Waals surface area contributed by atoms with E-state index in [1.54, 1.807) is 0 Å². The van der Waals surface area contributed by atoms with E-state index < -0.39 is 0 Å². The van der Waals surface area contributed by atoms with Crippen LogP contribution in [0.2, 0.25) is 0 Å². The molecule has 0 bridgehead atoms. The number of nitrogens with zero attached hydrogens (tertiary/aromatic N) is 2. The van der Waals surface area contributed by atoms with Crippen LogP contribution in [0.25, 0.3) is 0 Å². The van der Waals surface area contributed by atoms with Gasteiger partial charge in [0, 0.05) is 44.7 Å². The lowest BCUT2D eigenvalue weighted by molar-refractivity contribution is -0.131. The maximum atomic E-state index is 12.4. The fourth-order valence-electron chi connectivity index (χ4n) is 4.09. The molecule has 0 aromatic carbocycles. The van der Waals surface area contributed by atoms with Crippen molar-refractivity contribution in [1.29, 1.82) is 0 Å². The fourth-order valence-corrected chi connectivity index (χ4v) is 4.09. The highest BCUT2D eigenvalue weighted by Gasteiger charge is 2.27. The predicted molar refractivity (Wildman–Crippen MR) is 80.7 cm³/mol. The van der Waals surface area contributed by atoms with Gasteiger partial charge in [-0.3, -0.25) is 9.69 Å². The summed E-state index contributed by atoms with van der Waals surface area (Å²) in [7, 11) is 0. The molecule has 1 atom stereocenters. The standard InChI is InChI=1S/C16H29N3O/c20-16(13-14-5-3-8-17-14)19-10-4-9-18(11-12-19)15-6-1-2-7-15/h14-15,17H,1-13H2. The minimum atomic E-state index is 0.373. The summed E-state index contributed by atoms with van der Waals surface area (Å²) in [4.78, 5) is 17.2. The van der Waals surface area contributed by atoms with E-state index in [1.807, 2.05) is 0 Å². The molecule has 20 heavy (non-hydrogen) atoms. The van der Waals surface area contributed by atoms with Crippen molar-refractivity contribution in [2.75, 3.05) is 32.7 Å². The van der Waals surface area contributed by atoms with Crippen LogP contribution in [-0.2, 0) is 4.79 Å². The first-order valence-electron chi connectivity index (χ1n) is 8.58. The van der Waals surface area contributed by atoms with Gasteiger partial charge in [0.25, 0.3) is 0 Å². The van der Waals surface area contributed by atoms with Gasteiger partial charge in [-0.1, -0.05) is 12.8 Å². The van der Waals surface area contributed by atoms with Gasteiger partial charge in [-0.05, 0) is 38.6 Å². The van der Waals surface area contributed by atoms with Crippen molar-refractivity contribution in [3.05, 3.63) is 0 Å².